The summed E-state index contributed by atoms with van der Waals surface area (Å²) < 4.78 is 32.4. The maximum atomic E-state index is 11.3. The van der Waals surface area contributed by atoms with Gasteiger partial charge >= 0.3 is 5.97 Å². The molecular weight excluding hydrogens is 280 g/mol. The molecule has 0 radical (unpaired) electrons. The van der Waals surface area contributed by atoms with Gasteiger partial charge in [0.05, 0.1) is 12.0 Å². The van der Waals surface area contributed by atoms with E-state index in [1.165, 1.54) is 25.3 Å². The zero-order valence-corrected chi connectivity index (χ0v) is 11.1. The van der Waals surface area contributed by atoms with Crippen LogP contribution >= 0.6 is 10.7 Å². The van der Waals surface area contributed by atoms with Crippen LogP contribution in [0.3, 0.4) is 0 Å². The summed E-state index contributed by atoms with van der Waals surface area (Å²) >= 11 is 0. The molecule has 98 valence electrons. The van der Waals surface area contributed by atoms with E-state index in [9.17, 15) is 13.2 Å². The summed E-state index contributed by atoms with van der Waals surface area (Å²) in [5.41, 5.74) is 0.719. The molecule has 1 heterocycles. The summed E-state index contributed by atoms with van der Waals surface area (Å²) in [4.78, 5) is 11.4. The monoisotopic (exact) mass is 290 g/mol. The van der Waals surface area contributed by atoms with Crippen LogP contribution < -0.4 is 4.74 Å². The van der Waals surface area contributed by atoms with Gasteiger partial charge < -0.3 is 9.47 Å². The summed E-state index contributed by atoms with van der Waals surface area (Å²) in [6.07, 6.45) is 0.349. The number of halogens is 1. The second-order valence-corrected chi connectivity index (χ2v) is 6.44. The van der Waals surface area contributed by atoms with Gasteiger partial charge in [-0.15, -0.1) is 0 Å². The first kappa shape index (κ1) is 13.2. The van der Waals surface area contributed by atoms with Crippen molar-refractivity contribution in [2.75, 3.05) is 7.11 Å². The Morgan fingerprint density at radius 3 is 2.83 bits per heavy atom. The van der Waals surface area contributed by atoms with E-state index in [0.29, 0.717) is 18.6 Å². The second-order valence-electron chi connectivity index (χ2n) is 3.88. The van der Waals surface area contributed by atoms with Gasteiger partial charge in [0.15, 0.2) is 6.10 Å². The Labute approximate surface area is 109 Å². The van der Waals surface area contributed by atoms with Crippen LogP contribution in [0.2, 0.25) is 0 Å². The summed E-state index contributed by atoms with van der Waals surface area (Å²) in [6, 6.07) is 4.31. The van der Waals surface area contributed by atoms with Gasteiger partial charge in [-0.05, 0) is 36.6 Å². The highest BCUT2D eigenvalue weighted by molar-refractivity contribution is 8.13. The molecule has 1 aliphatic heterocycles. The van der Waals surface area contributed by atoms with E-state index in [1.54, 1.807) is 0 Å². The first-order chi connectivity index (χ1) is 8.41. The average Bonchev–Trinajstić information content (AvgIpc) is 2.35. The first-order valence-corrected chi connectivity index (χ1v) is 7.55. The van der Waals surface area contributed by atoms with Crippen LogP contribution in [0.1, 0.15) is 12.0 Å². The minimum atomic E-state index is -3.75. The molecule has 0 bridgehead atoms. The zero-order valence-electron chi connectivity index (χ0n) is 9.55. The smallest absolute Gasteiger partial charge is 0.347 e. The summed E-state index contributed by atoms with van der Waals surface area (Å²) in [5.74, 6) is 0.0513. The molecule has 0 saturated heterocycles. The van der Waals surface area contributed by atoms with Crippen molar-refractivity contribution >= 4 is 25.7 Å². The lowest BCUT2D eigenvalue weighted by atomic mass is 10.0. The standard InChI is InChI=1S/C11H11ClO5S/c1-16-11(13)10-4-2-7-6-8(18(12,14)15)3-5-9(7)17-10/h3,5-6,10H,2,4H2,1H3/t10-/m1/s1. The molecule has 0 fully saturated rings. The maximum absolute atomic E-state index is 11.3. The minimum absolute atomic E-state index is 0.0306. The summed E-state index contributed by atoms with van der Waals surface area (Å²) in [7, 11) is 2.81. The van der Waals surface area contributed by atoms with Crippen LogP contribution in [-0.2, 0) is 25.0 Å². The van der Waals surface area contributed by atoms with Crippen molar-refractivity contribution in [3.05, 3.63) is 23.8 Å². The Balaban J connectivity index is 2.29. The molecule has 0 aliphatic carbocycles. The zero-order chi connectivity index (χ0) is 13.3. The van der Waals surface area contributed by atoms with Crippen molar-refractivity contribution in [3.63, 3.8) is 0 Å². The molecule has 0 N–H and O–H groups in total. The summed E-state index contributed by atoms with van der Waals surface area (Å²) in [5, 5.41) is 0. The van der Waals surface area contributed by atoms with Gasteiger partial charge in [-0.3, -0.25) is 0 Å². The van der Waals surface area contributed by atoms with E-state index in [0.717, 1.165) is 5.56 Å². The highest BCUT2D eigenvalue weighted by Crippen LogP contribution is 2.31. The Hall–Kier alpha value is -1.27. The number of methoxy groups -OCH3 is 1. The molecular formula is C11H11ClO5S. The van der Waals surface area contributed by atoms with Gasteiger partial charge in [-0.25, -0.2) is 13.2 Å². The number of esters is 1. The third-order valence-electron chi connectivity index (χ3n) is 2.72. The number of carbonyl (C=O) groups excluding carboxylic acids is 1. The topological polar surface area (TPSA) is 69.7 Å². The second kappa shape index (κ2) is 4.78. The van der Waals surface area contributed by atoms with E-state index >= 15 is 0 Å². The molecule has 0 saturated carbocycles. The lowest BCUT2D eigenvalue weighted by Crippen LogP contribution is -2.32. The number of carbonyl (C=O) groups is 1. The third kappa shape index (κ3) is 2.59. The van der Waals surface area contributed by atoms with Crippen LogP contribution in [0.5, 0.6) is 5.75 Å². The van der Waals surface area contributed by atoms with E-state index in [1.807, 2.05) is 0 Å². The fraction of sp³-hybridized carbons (Fsp3) is 0.364. The van der Waals surface area contributed by atoms with Crippen LogP contribution in [0.15, 0.2) is 23.1 Å². The quantitative estimate of drug-likeness (QED) is 0.609. The Kier molecular flexibility index (Phi) is 3.49. The predicted octanol–water partition coefficient (Wildman–Crippen LogP) is 1.48. The fourth-order valence-corrected chi connectivity index (χ4v) is 2.62. The predicted molar refractivity (Wildman–Crippen MR) is 64.2 cm³/mol. The molecule has 2 rings (SSSR count). The Bertz CT molecular complexity index is 581. The molecule has 0 spiro atoms. The molecule has 7 heteroatoms. The average molecular weight is 291 g/mol. The Morgan fingerprint density at radius 2 is 2.22 bits per heavy atom. The molecule has 0 aromatic heterocycles. The van der Waals surface area contributed by atoms with Crippen LogP contribution in [-0.4, -0.2) is 27.6 Å². The van der Waals surface area contributed by atoms with Crippen molar-refractivity contribution in [2.24, 2.45) is 0 Å². The highest BCUT2D eigenvalue weighted by Gasteiger charge is 2.27. The van der Waals surface area contributed by atoms with Crippen molar-refractivity contribution < 1.29 is 22.7 Å². The van der Waals surface area contributed by atoms with Gasteiger partial charge in [0.1, 0.15) is 5.75 Å². The fourth-order valence-electron chi connectivity index (χ4n) is 1.81. The number of rotatable bonds is 2. The lowest BCUT2D eigenvalue weighted by molar-refractivity contribution is -0.149. The molecule has 1 aliphatic rings. The Morgan fingerprint density at radius 1 is 1.50 bits per heavy atom. The normalized spacial score (nSPS) is 18.7. The minimum Gasteiger partial charge on any atom is -0.478 e. The van der Waals surface area contributed by atoms with Crippen LogP contribution in [0.25, 0.3) is 0 Å². The van der Waals surface area contributed by atoms with Crippen molar-refractivity contribution in [2.45, 2.75) is 23.8 Å². The first-order valence-electron chi connectivity index (χ1n) is 5.24. The maximum Gasteiger partial charge on any atom is 0.347 e. The van der Waals surface area contributed by atoms with Crippen molar-refractivity contribution in [1.29, 1.82) is 0 Å². The third-order valence-corrected chi connectivity index (χ3v) is 4.07. The molecule has 0 unspecified atom stereocenters. The number of benzene rings is 1. The number of aryl methyl sites for hydroxylation is 1. The van der Waals surface area contributed by atoms with Gasteiger partial charge in [-0.1, -0.05) is 0 Å². The highest BCUT2D eigenvalue weighted by atomic mass is 35.7. The van der Waals surface area contributed by atoms with E-state index in [2.05, 4.69) is 4.74 Å². The van der Waals surface area contributed by atoms with Gasteiger partial charge in [0.2, 0.25) is 0 Å². The molecule has 5 nitrogen and oxygen atoms in total. The van der Waals surface area contributed by atoms with Crippen molar-refractivity contribution in [3.8, 4) is 5.75 Å². The van der Waals surface area contributed by atoms with Gasteiger partial charge in [0.25, 0.3) is 9.05 Å². The lowest BCUT2D eigenvalue weighted by Gasteiger charge is -2.24. The number of ether oxygens (including phenoxy) is 2. The van der Waals surface area contributed by atoms with E-state index < -0.39 is 21.1 Å². The van der Waals surface area contributed by atoms with Gasteiger partial charge in [0, 0.05) is 10.7 Å². The largest absolute Gasteiger partial charge is 0.478 e. The molecule has 1 atom stereocenters. The number of hydrogen-bond acceptors (Lipinski definition) is 5. The van der Waals surface area contributed by atoms with Gasteiger partial charge in [-0.2, -0.15) is 0 Å². The van der Waals surface area contributed by atoms with Crippen LogP contribution in [0.4, 0.5) is 0 Å². The SMILES string of the molecule is COC(=O)[C@H]1CCc2cc(S(=O)(=O)Cl)ccc2O1. The molecule has 1 aromatic carbocycles. The molecule has 0 amide bonds. The van der Waals surface area contributed by atoms with Crippen LogP contribution in [0, 0.1) is 0 Å². The van der Waals surface area contributed by atoms with E-state index in [-0.39, 0.29) is 4.90 Å². The van der Waals surface area contributed by atoms with Crippen molar-refractivity contribution in [1.82, 2.24) is 0 Å². The van der Waals surface area contributed by atoms with E-state index in [4.69, 9.17) is 15.4 Å². The number of hydrogen-bond donors (Lipinski definition) is 0. The summed E-state index contributed by atoms with van der Waals surface area (Å²) in [6.45, 7) is 0. The molecule has 18 heavy (non-hydrogen) atoms. The molecule has 1 aromatic rings. The number of fused-ring (bicyclic) bond motifs is 1.